The smallest absolute Gasteiger partial charge is 0.315 e. The maximum absolute atomic E-state index is 13.5. The molecular formula is C16H17ClFN3O2. The van der Waals surface area contributed by atoms with E-state index >= 15 is 0 Å². The maximum atomic E-state index is 13.5. The molecule has 23 heavy (non-hydrogen) atoms. The minimum absolute atomic E-state index is 0.00800. The van der Waals surface area contributed by atoms with Crippen LogP contribution in [0.4, 0.5) is 9.18 Å². The second-order valence-corrected chi connectivity index (χ2v) is 5.33. The third kappa shape index (κ3) is 5.19. The lowest BCUT2D eigenvalue weighted by molar-refractivity contribution is 0.217. The zero-order valence-corrected chi connectivity index (χ0v) is 13.1. The average Bonchev–Trinajstić information content (AvgIpc) is 2.56. The first-order chi connectivity index (χ1) is 11.1. The second kappa shape index (κ2) is 8.45. The van der Waals surface area contributed by atoms with Gasteiger partial charge in [-0.1, -0.05) is 23.7 Å². The standard InChI is InChI=1S/C16H17ClFN3O2/c17-13-4-3-12(8-14(13)18)15(10-22)21-16(23)20-7-5-11-2-1-6-19-9-11/h1-4,6,8-9,15,22H,5,7,10H2,(H2,20,21,23). The summed E-state index contributed by atoms with van der Waals surface area (Å²) in [4.78, 5) is 15.9. The van der Waals surface area contributed by atoms with Crippen LogP contribution in [0.3, 0.4) is 0 Å². The molecule has 0 aliphatic carbocycles. The molecule has 1 aromatic carbocycles. The van der Waals surface area contributed by atoms with E-state index in [2.05, 4.69) is 15.6 Å². The molecule has 0 saturated heterocycles. The topological polar surface area (TPSA) is 74.2 Å². The molecule has 1 unspecified atom stereocenters. The van der Waals surface area contributed by atoms with Crippen molar-refractivity contribution in [2.45, 2.75) is 12.5 Å². The van der Waals surface area contributed by atoms with E-state index < -0.39 is 17.9 Å². The van der Waals surface area contributed by atoms with Crippen molar-refractivity contribution in [3.8, 4) is 0 Å². The number of halogens is 2. The van der Waals surface area contributed by atoms with Crippen LogP contribution in [0.2, 0.25) is 5.02 Å². The zero-order valence-electron chi connectivity index (χ0n) is 12.3. The van der Waals surface area contributed by atoms with Gasteiger partial charge in [0.1, 0.15) is 5.82 Å². The molecule has 1 aromatic heterocycles. The number of benzene rings is 1. The predicted molar refractivity (Wildman–Crippen MR) is 85.7 cm³/mol. The Hall–Kier alpha value is -2.18. The molecule has 3 N–H and O–H groups in total. The monoisotopic (exact) mass is 337 g/mol. The minimum Gasteiger partial charge on any atom is -0.394 e. The number of nitrogens with zero attached hydrogens (tertiary/aromatic N) is 1. The lowest BCUT2D eigenvalue weighted by Gasteiger charge is -2.17. The van der Waals surface area contributed by atoms with E-state index in [0.29, 0.717) is 18.5 Å². The van der Waals surface area contributed by atoms with Crippen molar-refractivity contribution in [3.63, 3.8) is 0 Å². The lowest BCUT2D eigenvalue weighted by atomic mass is 10.1. The highest BCUT2D eigenvalue weighted by atomic mass is 35.5. The fourth-order valence-electron chi connectivity index (χ4n) is 2.04. The summed E-state index contributed by atoms with van der Waals surface area (Å²) in [5.41, 5.74) is 1.45. The third-order valence-corrected chi connectivity index (χ3v) is 3.56. The molecule has 1 heterocycles. The quantitative estimate of drug-likeness (QED) is 0.758. The number of hydrogen-bond donors (Lipinski definition) is 3. The summed E-state index contributed by atoms with van der Waals surface area (Å²) < 4.78 is 13.5. The Labute approximate surface area is 138 Å². The van der Waals surface area contributed by atoms with Crippen molar-refractivity contribution in [2.24, 2.45) is 0 Å². The predicted octanol–water partition coefficient (Wildman–Crippen LogP) is 2.45. The van der Waals surface area contributed by atoms with Gasteiger partial charge in [-0.15, -0.1) is 0 Å². The van der Waals surface area contributed by atoms with Crippen LogP contribution in [0.5, 0.6) is 0 Å². The fourth-order valence-corrected chi connectivity index (χ4v) is 2.16. The van der Waals surface area contributed by atoms with Gasteiger partial charge in [0.2, 0.25) is 0 Å². The summed E-state index contributed by atoms with van der Waals surface area (Å²) in [6.07, 6.45) is 4.05. The molecule has 122 valence electrons. The Bertz CT molecular complexity index is 655. The van der Waals surface area contributed by atoms with Gasteiger partial charge in [0.05, 0.1) is 17.7 Å². The Kier molecular flexibility index (Phi) is 6.31. The Morgan fingerprint density at radius 2 is 2.22 bits per heavy atom. The molecule has 0 aliphatic rings. The summed E-state index contributed by atoms with van der Waals surface area (Å²) in [5, 5.41) is 14.7. The van der Waals surface area contributed by atoms with E-state index in [0.717, 1.165) is 5.56 Å². The maximum Gasteiger partial charge on any atom is 0.315 e. The van der Waals surface area contributed by atoms with Crippen LogP contribution in [-0.2, 0) is 6.42 Å². The van der Waals surface area contributed by atoms with Crippen LogP contribution >= 0.6 is 11.6 Å². The van der Waals surface area contributed by atoms with Crippen LogP contribution in [-0.4, -0.2) is 29.3 Å². The molecule has 0 radical (unpaired) electrons. The Morgan fingerprint density at radius 1 is 1.39 bits per heavy atom. The van der Waals surface area contributed by atoms with Crippen molar-refractivity contribution < 1.29 is 14.3 Å². The Balaban J connectivity index is 1.85. The van der Waals surface area contributed by atoms with Gasteiger partial charge in [-0.25, -0.2) is 9.18 Å². The minimum atomic E-state index is -0.708. The molecule has 2 rings (SSSR count). The van der Waals surface area contributed by atoms with Gasteiger partial charge in [-0.05, 0) is 35.7 Å². The molecule has 7 heteroatoms. The van der Waals surface area contributed by atoms with Crippen LogP contribution in [0.1, 0.15) is 17.2 Å². The molecule has 0 bridgehead atoms. The third-order valence-electron chi connectivity index (χ3n) is 3.26. The first-order valence-electron chi connectivity index (χ1n) is 7.09. The molecule has 0 aliphatic heterocycles. The first-order valence-corrected chi connectivity index (χ1v) is 7.47. The highest BCUT2D eigenvalue weighted by Crippen LogP contribution is 2.20. The van der Waals surface area contributed by atoms with Gasteiger partial charge in [0.25, 0.3) is 0 Å². The second-order valence-electron chi connectivity index (χ2n) is 4.92. The van der Waals surface area contributed by atoms with E-state index in [-0.39, 0.29) is 11.6 Å². The molecular weight excluding hydrogens is 321 g/mol. The number of amides is 2. The number of carbonyl (C=O) groups excluding carboxylic acids is 1. The number of aliphatic hydroxyl groups excluding tert-OH is 1. The van der Waals surface area contributed by atoms with Crippen molar-refractivity contribution in [3.05, 3.63) is 64.7 Å². The fraction of sp³-hybridized carbons (Fsp3) is 0.250. The molecule has 2 amide bonds. The number of rotatable bonds is 6. The molecule has 0 spiro atoms. The van der Waals surface area contributed by atoms with Gasteiger partial charge in [-0.2, -0.15) is 0 Å². The van der Waals surface area contributed by atoms with Crippen molar-refractivity contribution in [1.82, 2.24) is 15.6 Å². The highest BCUT2D eigenvalue weighted by Gasteiger charge is 2.15. The zero-order chi connectivity index (χ0) is 16.7. The number of urea groups is 1. The number of nitrogens with one attached hydrogen (secondary N) is 2. The van der Waals surface area contributed by atoms with Crippen molar-refractivity contribution in [2.75, 3.05) is 13.2 Å². The summed E-state index contributed by atoms with van der Waals surface area (Å²) in [6.45, 7) is 0.0712. The molecule has 2 aromatic rings. The van der Waals surface area contributed by atoms with Crippen molar-refractivity contribution >= 4 is 17.6 Å². The van der Waals surface area contributed by atoms with E-state index in [4.69, 9.17) is 11.6 Å². The number of aromatic nitrogens is 1. The van der Waals surface area contributed by atoms with Crippen LogP contribution in [0.25, 0.3) is 0 Å². The van der Waals surface area contributed by atoms with Crippen LogP contribution in [0, 0.1) is 5.82 Å². The molecule has 1 atom stereocenters. The van der Waals surface area contributed by atoms with Gasteiger partial charge in [0, 0.05) is 18.9 Å². The van der Waals surface area contributed by atoms with E-state index in [9.17, 15) is 14.3 Å². The summed E-state index contributed by atoms with van der Waals surface area (Å²) in [5.74, 6) is -0.596. The normalized spacial score (nSPS) is 11.8. The number of carbonyl (C=O) groups is 1. The summed E-state index contributed by atoms with van der Waals surface area (Å²) >= 11 is 5.62. The molecule has 0 fully saturated rings. The van der Waals surface area contributed by atoms with E-state index in [1.165, 1.54) is 12.1 Å². The van der Waals surface area contributed by atoms with E-state index in [1.54, 1.807) is 18.5 Å². The molecule has 5 nitrogen and oxygen atoms in total. The Morgan fingerprint density at radius 3 is 2.87 bits per heavy atom. The number of hydrogen-bond acceptors (Lipinski definition) is 3. The largest absolute Gasteiger partial charge is 0.394 e. The molecule has 0 saturated carbocycles. The van der Waals surface area contributed by atoms with Gasteiger partial charge in [-0.3, -0.25) is 4.98 Å². The van der Waals surface area contributed by atoms with Crippen LogP contribution in [0.15, 0.2) is 42.7 Å². The van der Waals surface area contributed by atoms with E-state index in [1.807, 2.05) is 12.1 Å². The van der Waals surface area contributed by atoms with Crippen molar-refractivity contribution in [1.29, 1.82) is 0 Å². The number of aliphatic hydroxyl groups is 1. The lowest BCUT2D eigenvalue weighted by Crippen LogP contribution is -2.40. The summed E-state index contributed by atoms with van der Waals surface area (Å²) in [6, 6.07) is 6.73. The van der Waals surface area contributed by atoms with Gasteiger partial charge >= 0.3 is 6.03 Å². The average molecular weight is 338 g/mol. The van der Waals surface area contributed by atoms with Gasteiger partial charge in [0.15, 0.2) is 0 Å². The highest BCUT2D eigenvalue weighted by molar-refractivity contribution is 6.30. The number of pyridine rings is 1. The first kappa shape index (κ1) is 17.2. The SMILES string of the molecule is O=C(NCCc1cccnc1)NC(CO)c1ccc(Cl)c(F)c1. The van der Waals surface area contributed by atoms with Gasteiger partial charge < -0.3 is 15.7 Å². The summed E-state index contributed by atoms with van der Waals surface area (Å²) in [7, 11) is 0. The van der Waals surface area contributed by atoms with Crippen LogP contribution < -0.4 is 10.6 Å².